The second-order valence-electron chi connectivity index (χ2n) is 6.26. The van der Waals surface area contributed by atoms with Crippen LogP contribution in [0.2, 0.25) is 0 Å². The van der Waals surface area contributed by atoms with Crippen LogP contribution in [0.1, 0.15) is 34.1 Å². The molecule has 20 heavy (non-hydrogen) atoms. The molecule has 0 aromatic heterocycles. The molecule has 0 aromatic carbocycles. The van der Waals surface area contributed by atoms with Gasteiger partial charge in [0.25, 0.3) is 0 Å². The van der Waals surface area contributed by atoms with Gasteiger partial charge < -0.3 is 20.7 Å². The largest absolute Gasteiger partial charge is 0.377 e. The van der Waals surface area contributed by atoms with Crippen molar-refractivity contribution in [3.63, 3.8) is 0 Å². The Morgan fingerprint density at radius 3 is 2.65 bits per heavy atom. The van der Waals surface area contributed by atoms with E-state index in [4.69, 9.17) is 10.5 Å². The van der Waals surface area contributed by atoms with Crippen LogP contribution in [0.25, 0.3) is 0 Å². The van der Waals surface area contributed by atoms with Gasteiger partial charge >= 0.3 is 0 Å². The van der Waals surface area contributed by atoms with E-state index in [9.17, 15) is 9.59 Å². The van der Waals surface area contributed by atoms with Crippen LogP contribution in [0.3, 0.4) is 0 Å². The van der Waals surface area contributed by atoms with E-state index in [1.54, 1.807) is 4.90 Å². The van der Waals surface area contributed by atoms with Crippen molar-refractivity contribution in [2.24, 2.45) is 11.1 Å². The van der Waals surface area contributed by atoms with Crippen molar-refractivity contribution in [2.45, 2.75) is 46.2 Å². The molecule has 2 atom stereocenters. The smallest absolute Gasteiger partial charge is 0.245 e. The lowest BCUT2D eigenvalue weighted by Gasteiger charge is -2.38. The summed E-state index contributed by atoms with van der Waals surface area (Å²) in [6.07, 6.45) is 0.856. The van der Waals surface area contributed by atoms with E-state index in [0.29, 0.717) is 19.7 Å². The third-order valence-corrected chi connectivity index (χ3v) is 3.46. The highest BCUT2D eigenvalue weighted by atomic mass is 16.5. The summed E-state index contributed by atoms with van der Waals surface area (Å²) < 4.78 is 5.33. The molecular formula is C14H27N3O3. The molecule has 6 heteroatoms. The molecule has 2 amide bonds. The molecule has 1 heterocycles. The minimum Gasteiger partial charge on any atom is -0.377 e. The van der Waals surface area contributed by atoms with Gasteiger partial charge in [0, 0.05) is 13.1 Å². The zero-order valence-corrected chi connectivity index (χ0v) is 12.9. The summed E-state index contributed by atoms with van der Waals surface area (Å²) >= 11 is 0. The minimum atomic E-state index is -0.623. The Labute approximate surface area is 121 Å². The van der Waals surface area contributed by atoms with Crippen LogP contribution in [0.4, 0.5) is 0 Å². The van der Waals surface area contributed by atoms with Crippen LogP contribution in [0.15, 0.2) is 0 Å². The molecule has 6 nitrogen and oxygen atoms in total. The summed E-state index contributed by atoms with van der Waals surface area (Å²) in [7, 11) is 0. The molecule has 1 aliphatic rings. The lowest BCUT2D eigenvalue weighted by atomic mass is 9.86. The maximum atomic E-state index is 12.5. The lowest BCUT2D eigenvalue weighted by molar-refractivity contribution is -0.151. The van der Waals surface area contributed by atoms with Crippen molar-refractivity contribution in [3.8, 4) is 0 Å². The molecule has 1 unspecified atom stereocenters. The van der Waals surface area contributed by atoms with Gasteiger partial charge in [0.2, 0.25) is 11.8 Å². The average Bonchev–Trinajstić information content (AvgIpc) is 2.42. The summed E-state index contributed by atoms with van der Waals surface area (Å²) in [5, 5.41) is 2.81. The molecule has 0 saturated carbocycles. The lowest BCUT2D eigenvalue weighted by Crippen LogP contribution is -2.61. The predicted molar refractivity (Wildman–Crippen MR) is 77.1 cm³/mol. The third-order valence-electron chi connectivity index (χ3n) is 3.46. The molecule has 1 rings (SSSR count). The van der Waals surface area contributed by atoms with Crippen LogP contribution in [0.5, 0.6) is 0 Å². The standard InChI is InChI=1S/C14H27N3O3/c1-5-6-16-12(18)10-9-20-8-7-17(10)13(19)11(15)14(2,3)4/h10-11H,5-9,15H2,1-4H3,(H,16,18)/t10?,11-/m0/s1. The minimum absolute atomic E-state index is 0.166. The second kappa shape index (κ2) is 7.04. The van der Waals surface area contributed by atoms with Gasteiger partial charge in [-0.1, -0.05) is 27.7 Å². The van der Waals surface area contributed by atoms with Crippen molar-refractivity contribution < 1.29 is 14.3 Å². The third kappa shape index (κ3) is 4.18. The molecule has 0 bridgehead atoms. The van der Waals surface area contributed by atoms with Gasteiger partial charge in [0.15, 0.2) is 0 Å². The van der Waals surface area contributed by atoms with Gasteiger partial charge in [-0.25, -0.2) is 0 Å². The number of carbonyl (C=O) groups is 2. The number of hydrogen-bond acceptors (Lipinski definition) is 4. The maximum Gasteiger partial charge on any atom is 0.245 e. The number of amides is 2. The molecule has 1 fully saturated rings. The first-order chi connectivity index (χ1) is 9.29. The first kappa shape index (κ1) is 16.9. The topological polar surface area (TPSA) is 84.7 Å². The number of carbonyl (C=O) groups excluding carboxylic acids is 2. The zero-order chi connectivity index (χ0) is 15.3. The fraction of sp³-hybridized carbons (Fsp3) is 0.857. The van der Waals surface area contributed by atoms with Crippen LogP contribution in [-0.2, 0) is 14.3 Å². The van der Waals surface area contributed by atoms with Crippen LogP contribution in [0, 0.1) is 5.41 Å². The number of nitrogens with one attached hydrogen (secondary N) is 1. The Bertz CT molecular complexity index is 352. The second-order valence-corrected chi connectivity index (χ2v) is 6.26. The summed E-state index contributed by atoms with van der Waals surface area (Å²) in [4.78, 5) is 26.2. The molecule has 0 radical (unpaired) electrons. The van der Waals surface area contributed by atoms with Gasteiger partial charge in [-0.15, -0.1) is 0 Å². The molecule has 1 aliphatic heterocycles. The number of hydrogen-bond donors (Lipinski definition) is 2. The summed E-state index contributed by atoms with van der Waals surface area (Å²) in [5.41, 5.74) is 5.69. The van der Waals surface area contributed by atoms with E-state index in [0.717, 1.165) is 6.42 Å². The summed E-state index contributed by atoms with van der Waals surface area (Å²) in [6.45, 7) is 9.43. The Morgan fingerprint density at radius 2 is 2.10 bits per heavy atom. The van der Waals surface area contributed by atoms with Crippen molar-refractivity contribution in [1.29, 1.82) is 0 Å². The van der Waals surface area contributed by atoms with Gasteiger partial charge in [-0.05, 0) is 11.8 Å². The Hall–Kier alpha value is -1.14. The number of morpholine rings is 1. The van der Waals surface area contributed by atoms with Gasteiger partial charge in [-0.2, -0.15) is 0 Å². The van der Waals surface area contributed by atoms with Crippen LogP contribution < -0.4 is 11.1 Å². The quantitative estimate of drug-likeness (QED) is 0.768. The Kier molecular flexibility index (Phi) is 5.95. The molecular weight excluding hydrogens is 258 g/mol. The molecule has 0 spiro atoms. The fourth-order valence-electron chi connectivity index (χ4n) is 2.00. The van der Waals surface area contributed by atoms with Crippen molar-refractivity contribution in [1.82, 2.24) is 10.2 Å². The van der Waals surface area contributed by atoms with Crippen LogP contribution >= 0.6 is 0 Å². The van der Waals surface area contributed by atoms with E-state index in [2.05, 4.69) is 5.32 Å². The first-order valence-electron chi connectivity index (χ1n) is 7.20. The fourth-order valence-corrected chi connectivity index (χ4v) is 2.00. The highest BCUT2D eigenvalue weighted by Crippen LogP contribution is 2.21. The van der Waals surface area contributed by atoms with Gasteiger partial charge in [-0.3, -0.25) is 9.59 Å². The number of rotatable bonds is 4. The number of nitrogens with zero attached hydrogens (tertiary/aromatic N) is 1. The number of ether oxygens (including phenoxy) is 1. The highest BCUT2D eigenvalue weighted by molar-refractivity contribution is 5.90. The molecule has 1 saturated heterocycles. The zero-order valence-electron chi connectivity index (χ0n) is 12.9. The van der Waals surface area contributed by atoms with E-state index >= 15 is 0 Å². The maximum absolute atomic E-state index is 12.5. The van der Waals surface area contributed by atoms with E-state index in [1.165, 1.54) is 0 Å². The van der Waals surface area contributed by atoms with Crippen molar-refractivity contribution in [3.05, 3.63) is 0 Å². The predicted octanol–water partition coefficient (Wildman–Crippen LogP) is 0.113. The summed E-state index contributed by atoms with van der Waals surface area (Å²) in [6, 6.07) is -1.20. The van der Waals surface area contributed by atoms with E-state index in [1.807, 2.05) is 27.7 Å². The summed E-state index contributed by atoms with van der Waals surface area (Å²) in [5.74, 6) is -0.349. The highest BCUT2D eigenvalue weighted by Gasteiger charge is 2.38. The Morgan fingerprint density at radius 1 is 1.45 bits per heavy atom. The molecule has 3 N–H and O–H groups in total. The van der Waals surface area contributed by atoms with Gasteiger partial charge in [0.05, 0.1) is 19.3 Å². The van der Waals surface area contributed by atoms with Crippen molar-refractivity contribution in [2.75, 3.05) is 26.3 Å². The van der Waals surface area contributed by atoms with Crippen molar-refractivity contribution >= 4 is 11.8 Å². The first-order valence-corrected chi connectivity index (χ1v) is 7.20. The Balaban J connectivity index is 2.78. The average molecular weight is 285 g/mol. The number of nitrogens with two attached hydrogens (primary N) is 1. The monoisotopic (exact) mass is 285 g/mol. The SMILES string of the molecule is CCCNC(=O)C1COCCN1C(=O)[C@H](N)C(C)(C)C. The van der Waals surface area contributed by atoms with Gasteiger partial charge in [0.1, 0.15) is 6.04 Å². The van der Waals surface area contributed by atoms with E-state index in [-0.39, 0.29) is 23.8 Å². The molecule has 0 aliphatic carbocycles. The molecule has 116 valence electrons. The van der Waals surface area contributed by atoms with E-state index < -0.39 is 12.1 Å². The normalized spacial score (nSPS) is 21.4. The van der Waals surface area contributed by atoms with Crippen LogP contribution in [-0.4, -0.2) is 55.1 Å². The molecule has 0 aromatic rings.